The Hall–Kier alpha value is -2.39. The molecule has 1 heterocycles. The minimum absolute atomic E-state index is 0.0554. The van der Waals surface area contributed by atoms with Crippen molar-refractivity contribution in [1.29, 1.82) is 0 Å². The highest BCUT2D eigenvalue weighted by Gasteiger charge is 2.29. The van der Waals surface area contributed by atoms with Gasteiger partial charge < -0.3 is 5.73 Å². The van der Waals surface area contributed by atoms with Crippen molar-refractivity contribution in [2.24, 2.45) is 5.73 Å². The van der Waals surface area contributed by atoms with E-state index in [9.17, 15) is 10.1 Å². The number of nitrogens with zero attached hydrogens (tertiary/aromatic N) is 5. The molecule has 9 heteroatoms. The van der Waals surface area contributed by atoms with Crippen molar-refractivity contribution >= 4 is 5.69 Å². The van der Waals surface area contributed by atoms with Gasteiger partial charge in [-0.15, -0.1) is 5.10 Å². The SMILES string of the molecule is CCCCn1nnnc1C(NC1CCCCC1N)c1cccc([N+](=O)[O-])c1. The molecule has 0 aliphatic heterocycles. The maximum absolute atomic E-state index is 11.2. The second-order valence-electron chi connectivity index (χ2n) is 7.12. The van der Waals surface area contributed by atoms with Crippen molar-refractivity contribution in [3.63, 3.8) is 0 Å². The van der Waals surface area contributed by atoms with Gasteiger partial charge in [-0.25, -0.2) is 4.68 Å². The van der Waals surface area contributed by atoms with Crippen LogP contribution in [0.5, 0.6) is 0 Å². The lowest BCUT2D eigenvalue weighted by atomic mass is 9.89. The molecule has 1 saturated carbocycles. The third kappa shape index (κ3) is 4.67. The molecule has 0 spiro atoms. The fraction of sp³-hybridized carbons (Fsp3) is 0.611. The number of benzene rings is 1. The Bertz CT molecular complexity index is 764. The molecule has 0 bridgehead atoms. The Labute approximate surface area is 158 Å². The molecule has 1 fully saturated rings. The zero-order valence-electron chi connectivity index (χ0n) is 15.6. The van der Waals surface area contributed by atoms with Gasteiger partial charge in [0, 0.05) is 30.8 Å². The highest BCUT2D eigenvalue weighted by molar-refractivity contribution is 5.37. The summed E-state index contributed by atoms with van der Waals surface area (Å²) in [5.74, 6) is 0.668. The third-order valence-electron chi connectivity index (χ3n) is 5.16. The van der Waals surface area contributed by atoms with Crippen LogP contribution in [0.15, 0.2) is 24.3 Å². The first-order chi connectivity index (χ1) is 13.1. The molecule has 0 radical (unpaired) electrons. The van der Waals surface area contributed by atoms with E-state index in [4.69, 9.17) is 5.73 Å². The molecular weight excluding hydrogens is 346 g/mol. The van der Waals surface area contributed by atoms with Crippen LogP contribution in [0, 0.1) is 10.1 Å². The maximum atomic E-state index is 11.2. The molecule has 146 valence electrons. The quantitative estimate of drug-likeness (QED) is 0.537. The van der Waals surface area contributed by atoms with Crippen molar-refractivity contribution < 1.29 is 4.92 Å². The van der Waals surface area contributed by atoms with E-state index in [2.05, 4.69) is 27.8 Å². The molecule has 3 atom stereocenters. The first-order valence-corrected chi connectivity index (χ1v) is 9.62. The van der Waals surface area contributed by atoms with Gasteiger partial charge in [0.2, 0.25) is 0 Å². The Balaban J connectivity index is 1.95. The van der Waals surface area contributed by atoms with Gasteiger partial charge in [-0.05, 0) is 35.3 Å². The molecule has 3 N–H and O–H groups in total. The van der Waals surface area contributed by atoms with Crippen molar-refractivity contribution in [2.75, 3.05) is 0 Å². The number of nitro groups is 1. The van der Waals surface area contributed by atoms with Crippen molar-refractivity contribution in [1.82, 2.24) is 25.5 Å². The number of unbranched alkanes of at least 4 members (excludes halogenated alkanes) is 1. The molecule has 1 aromatic heterocycles. The standard InChI is InChI=1S/C18H27N7O2/c1-2-3-11-24-18(21-22-23-24)17(20-16-10-5-4-9-15(16)19)13-7-6-8-14(12-13)25(26)27/h6-8,12,15-17,20H,2-5,9-11,19H2,1H3. The van der Waals surface area contributed by atoms with E-state index in [-0.39, 0.29) is 28.7 Å². The van der Waals surface area contributed by atoms with Crippen LogP contribution in [0.3, 0.4) is 0 Å². The third-order valence-corrected chi connectivity index (χ3v) is 5.16. The van der Waals surface area contributed by atoms with Crippen LogP contribution in [0.2, 0.25) is 0 Å². The van der Waals surface area contributed by atoms with Gasteiger partial charge in [-0.3, -0.25) is 15.4 Å². The zero-order chi connectivity index (χ0) is 19.2. The van der Waals surface area contributed by atoms with E-state index in [0.717, 1.165) is 44.1 Å². The molecule has 0 amide bonds. The first kappa shape index (κ1) is 19.4. The highest BCUT2D eigenvalue weighted by Crippen LogP contribution is 2.27. The second-order valence-corrected chi connectivity index (χ2v) is 7.12. The summed E-state index contributed by atoms with van der Waals surface area (Å²) >= 11 is 0. The molecule has 1 aliphatic carbocycles. The van der Waals surface area contributed by atoms with Crippen LogP contribution in [0.25, 0.3) is 0 Å². The van der Waals surface area contributed by atoms with E-state index < -0.39 is 0 Å². The molecule has 0 saturated heterocycles. The summed E-state index contributed by atoms with van der Waals surface area (Å²) < 4.78 is 1.79. The number of hydrogen-bond acceptors (Lipinski definition) is 7. The van der Waals surface area contributed by atoms with Crippen molar-refractivity contribution in [2.45, 2.75) is 70.1 Å². The summed E-state index contributed by atoms with van der Waals surface area (Å²) in [5, 5.41) is 27.0. The van der Waals surface area contributed by atoms with E-state index >= 15 is 0 Å². The summed E-state index contributed by atoms with van der Waals surface area (Å²) in [5.41, 5.74) is 7.15. The van der Waals surface area contributed by atoms with Gasteiger partial charge in [0.15, 0.2) is 5.82 Å². The summed E-state index contributed by atoms with van der Waals surface area (Å²) in [6, 6.07) is 6.49. The van der Waals surface area contributed by atoms with Crippen LogP contribution in [0.1, 0.15) is 62.9 Å². The molecule has 1 aromatic carbocycles. The van der Waals surface area contributed by atoms with Gasteiger partial charge in [-0.2, -0.15) is 0 Å². The van der Waals surface area contributed by atoms with Crippen LogP contribution in [0.4, 0.5) is 5.69 Å². The number of nitro benzene ring substituents is 1. The zero-order valence-corrected chi connectivity index (χ0v) is 15.6. The fourth-order valence-electron chi connectivity index (χ4n) is 3.60. The first-order valence-electron chi connectivity index (χ1n) is 9.62. The lowest BCUT2D eigenvalue weighted by molar-refractivity contribution is -0.384. The Morgan fingerprint density at radius 3 is 2.96 bits per heavy atom. The van der Waals surface area contributed by atoms with Gasteiger partial charge in [0.05, 0.1) is 11.0 Å². The number of aromatic nitrogens is 4. The van der Waals surface area contributed by atoms with Crippen LogP contribution < -0.4 is 11.1 Å². The predicted molar refractivity (Wildman–Crippen MR) is 101 cm³/mol. The fourth-order valence-corrected chi connectivity index (χ4v) is 3.60. The van der Waals surface area contributed by atoms with Crippen molar-refractivity contribution in [3.05, 3.63) is 45.8 Å². The number of rotatable bonds is 8. The topological polar surface area (TPSA) is 125 Å². The monoisotopic (exact) mass is 373 g/mol. The van der Waals surface area contributed by atoms with Crippen LogP contribution >= 0.6 is 0 Å². The molecule has 3 unspecified atom stereocenters. The van der Waals surface area contributed by atoms with Gasteiger partial charge in [0.25, 0.3) is 5.69 Å². The number of non-ortho nitro benzene ring substituents is 1. The minimum Gasteiger partial charge on any atom is -0.326 e. The molecule has 9 nitrogen and oxygen atoms in total. The molecule has 1 aliphatic rings. The van der Waals surface area contributed by atoms with Crippen LogP contribution in [-0.4, -0.2) is 37.2 Å². The summed E-state index contributed by atoms with van der Waals surface area (Å²) in [4.78, 5) is 10.9. The molecule has 2 aromatic rings. The average molecular weight is 373 g/mol. The second kappa shape index (κ2) is 9.01. The Morgan fingerprint density at radius 2 is 2.22 bits per heavy atom. The number of tetrazole rings is 1. The molecule has 3 rings (SSSR count). The average Bonchev–Trinajstić information content (AvgIpc) is 3.14. The number of hydrogen-bond donors (Lipinski definition) is 2. The van der Waals surface area contributed by atoms with E-state index in [1.165, 1.54) is 6.07 Å². The Kier molecular flexibility index (Phi) is 6.46. The van der Waals surface area contributed by atoms with E-state index in [1.807, 2.05) is 6.07 Å². The number of nitrogens with two attached hydrogens (primary N) is 1. The van der Waals surface area contributed by atoms with Gasteiger partial charge in [-0.1, -0.05) is 38.3 Å². The van der Waals surface area contributed by atoms with Gasteiger partial charge in [0.1, 0.15) is 0 Å². The number of aryl methyl sites for hydroxylation is 1. The molecular formula is C18H27N7O2. The summed E-state index contributed by atoms with van der Waals surface area (Å²) in [6.07, 6.45) is 6.19. The van der Waals surface area contributed by atoms with Crippen molar-refractivity contribution in [3.8, 4) is 0 Å². The largest absolute Gasteiger partial charge is 0.326 e. The summed E-state index contributed by atoms with van der Waals surface area (Å²) in [6.45, 7) is 2.82. The number of nitrogens with one attached hydrogen (secondary N) is 1. The lowest BCUT2D eigenvalue weighted by Crippen LogP contribution is -2.48. The van der Waals surface area contributed by atoms with Gasteiger partial charge >= 0.3 is 0 Å². The normalized spacial score (nSPS) is 21.1. The minimum atomic E-state index is -0.382. The smallest absolute Gasteiger partial charge is 0.269 e. The molecule has 27 heavy (non-hydrogen) atoms. The highest BCUT2D eigenvalue weighted by atomic mass is 16.6. The predicted octanol–water partition coefficient (Wildman–Crippen LogP) is 2.33. The maximum Gasteiger partial charge on any atom is 0.269 e. The van der Waals surface area contributed by atoms with Crippen LogP contribution in [-0.2, 0) is 6.54 Å². The lowest BCUT2D eigenvalue weighted by Gasteiger charge is -2.33. The Morgan fingerprint density at radius 1 is 1.41 bits per heavy atom. The summed E-state index contributed by atoms with van der Waals surface area (Å²) in [7, 11) is 0. The van der Waals surface area contributed by atoms with E-state index in [1.54, 1.807) is 16.8 Å². The van der Waals surface area contributed by atoms with E-state index in [0.29, 0.717) is 12.4 Å².